The topological polar surface area (TPSA) is 55.5 Å². The van der Waals surface area contributed by atoms with Gasteiger partial charge in [0.25, 0.3) is 0 Å². The van der Waals surface area contributed by atoms with E-state index in [0.29, 0.717) is 6.54 Å². The number of aliphatic hydroxyl groups excluding tert-OH is 1. The van der Waals surface area contributed by atoms with Gasteiger partial charge < -0.3 is 15.6 Å². The molecule has 0 aromatic rings. The van der Waals surface area contributed by atoms with Crippen LogP contribution in [-0.4, -0.2) is 31.5 Å². The van der Waals surface area contributed by atoms with Crippen LogP contribution in [0.3, 0.4) is 0 Å². The molecule has 0 saturated heterocycles. The Kier molecular flexibility index (Phi) is 5.46. The van der Waals surface area contributed by atoms with Gasteiger partial charge in [-0.2, -0.15) is 0 Å². The number of hydrogen-bond acceptors (Lipinski definition) is 3. The van der Waals surface area contributed by atoms with E-state index in [4.69, 9.17) is 10.5 Å². The first kappa shape index (κ1) is 11.9. The van der Waals surface area contributed by atoms with Gasteiger partial charge in [0, 0.05) is 25.7 Å². The van der Waals surface area contributed by atoms with Gasteiger partial charge in [0.1, 0.15) is 0 Å². The predicted octanol–water partition coefficient (Wildman–Crippen LogP) is 0.759. The highest BCUT2D eigenvalue weighted by molar-refractivity contribution is 4.80. The molecule has 0 spiro atoms. The molecule has 0 amide bonds. The summed E-state index contributed by atoms with van der Waals surface area (Å²) in [5.41, 5.74) is 5.44. The van der Waals surface area contributed by atoms with E-state index in [9.17, 15) is 5.11 Å². The van der Waals surface area contributed by atoms with Crippen molar-refractivity contribution < 1.29 is 9.84 Å². The second kappa shape index (κ2) is 5.51. The van der Waals surface area contributed by atoms with Crippen LogP contribution in [0.5, 0.6) is 0 Å². The summed E-state index contributed by atoms with van der Waals surface area (Å²) in [7, 11) is 1.68. The average Bonchev–Trinajstić information content (AvgIpc) is 2.04. The van der Waals surface area contributed by atoms with Gasteiger partial charge >= 0.3 is 0 Å². The molecule has 0 fully saturated rings. The third-order valence-electron chi connectivity index (χ3n) is 2.57. The van der Waals surface area contributed by atoms with Crippen LogP contribution in [0.2, 0.25) is 0 Å². The average molecular weight is 175 g/mol. The van der Waals surface area contributed by atoms with Gasteiger partial charge in [0.15, 0.2) is 0 Å². The molecule has 0 aliphatic heterocycles. The van der Waals surface area contributed by atoms with E-state index in [0.717, 1.165) is 19.4 Å². The highest BCUT2D eigenvalue weighted by atomic mass is 16.5. The van der Waals surface area contributed by atoms with Gasteiger partial charge in [-0.15, -0.1) is 0 Å². The SMILES string of the molecule is COCCCC(C)(CN)C(C)O. The van der Waals surface area contributed by atoms with E-state index in [2.05, 4.69) is 0 Å². The van der Waals surface area contributed by atoms with Crippen molar-refractivity contribution in [2.45, 2.75) is 32.8 Å². The van der Waals surface area contributed by atoms with Gasteiger partial charge in [-0.05, 0) is 19.8 Å². The van der Waals surface area contributed by atoms with Crippen molar-refractivity contribution in [1.82, 2.24) is 0 Å². The summed E-state index contributed by atoms with van der Waals surface area (Å²) >= 11 is 0. The zero-order valence-corrected chi connectivity index (χ0v) is 8.34. The Balaban J connectivity index is 3.80. The predicted molar refractivity (Wildman–Crippen MR) is 50.0 cm³/mol. The minimum Gasteiger partial charge on any atom is -0.393 e. The molecule has 0 saturated carbocycles. The molecule has 0 aromatic heterocycles. The molecule has 0 aliphatic rings. The second-order valence-electron chi connectivity index (χ2n) is 3.63. The lowest BCUT2D eigenvalue weighted by molar-refractivity contribution is 0.0443. The molecule has 0 rings (SSSR count). The number of aliphatic hydroxyl groups is 1. The zero-order chi connectivity index (χ0) is 9.61. The van der Waals surface area contributed by atoms with Crippen molar-refractivity contribution in [3.63, 3.8) is 0 Å². The maximum Gasteiger partial charge on any atom is 0.0577 e. The van der Waals surface area contributed by atoms with E-state index < -0.39 is 0 Å². The smallest absolute Gasteiger partial charge is 0.0577 e. The van der Waals surface area contributed by atoms with Crippen LogP contribution in [0, 0.1) is 5.41 Å². The molecule has 0 radical (unpaired) electrons. The third-order valence-corrected chi connectivity index (χ3v) is 2.57. The fraction of sp³-hybridized carbons (Fsp3) is 1.00. The molecule has 3 heteroatoms. The summed E-state index contributed by atoms with van der Waals surface area (Å²) in [6, 6.07) is 0. The molecule has 2 atom stereocenters. The van der Waals surface area contributed by atoms with Gasteiger partial charge in [-0.1, -0.05) is 6.92 Å². The molecule has 3 N–H and O–H groups in total. The standard InChI is InChI=1S/C9H21NO2/c1-8(11)9(2,7-10)5-4-6-12-3/h8,11H,4-7,10H2,1-3H3. The van der Waals surface area contributed by atoms with Gasteiger partial charge in [0.05, 0.1) is 6.10 Å². The van der Waals surface area contributed by atoms with Crippen molar-refractivity contribution in [1.29, 1.82) is 0 Å². The maximum absolute atomic E-state index is 9.45. The summed E-state index contributed by atoms with van der Waals surface area (Å²) in [4.78, 5) is 0. The molecule has 0 bridgehead atoms. The van der Waals surface area contributed by atoms with E-state index in [1.54, 1.807) is 14.0 Å². The number of hydrogen-bond donors (Lipinski definition) is 2. The maximum atomic E-state index is 9.45. The Bertz CT molecular complexity index is 117. The van der Waals surface area contributed by atoms with E-state index >= 15 is 0 Å². The van der Waals surface area contributed by atoms with Crippen LogP contribution in [0.1, 0.15) is 26.7 Å². The molecule has 0 heterocycles. The van der Waals surface area contributed by atoms with Crippen molar-refractivity contribution in [3.8, 4) is 0 Å². The first-order chi connectivity index (χ1) is 5.56. The summed E-state index contributed by atoms with van der Waals surface area (Å²) in [6.45, 7) is 5.06. The van der Waals surface area contributed by atoms with Crippen LogP contribution in [0.15, 0.2) is 0 Å². The quantitative estimate of drug-likeness (QED) is 0.586. The summed E-state index contributed by atoms with van der Waals surface area (Å²) in [5, 5.41) is 9.45. The lowest BCUT2D eigenvalue weighted by Gasteiger charge is -2.31. The minimum absolute atomic E-state index is 0.154. The Hall–Kier alpha value is -0.120. The Labute approximate surface area is 74.9 Å². The van der Waals surface area contributed by atoms with Crippen molar-refractivity contribution >= 4 is 0 Å². The third kappa shape index (κ3) is 3.52. The largest absolute Gasteiger partial charge is 0.393 e. The first-order valence-corrected chi connectivity index (χ1v) is 4.44. The van der Waals surface area contributed by atoms with Gasteiger partial charge in [-0.3, -0.25) is 0 Å². The minimum atomic E-state index is -0.348. The van der Waals surface area contributed by atoms with E-state index in [-0.39, 0.29) is 11.5 Å². The van der Waals surface area contributed by atoms with Crippen LogP contribution in [0.4, 0.5) is 0 Å². The summed E-state index contributed by atoms with van der Waals surface area (Å²) in [6.07, 6.45) is 1.52. The van der Waals surface area contributed by atoms with Crippen LogP contribution in [-0.2, 0) is 4.74 Å². The molecular weight excluding hydrogens is 154 g/mol. The highest BCUT2D eigenvalue weighted by Gasteiger charge is 2.27. The van der Waals surface area contributed by atoms with Gasteiger partial charge in [-0.25, -0.2) is 0 Å². The van der Waals surface area contributed by atoms with E-state index in [1.807, 2.05) is 6.92 Å². The Morgan fingerprint density at radius 3 is 2.50 bits per heavy atom. The lowest BCUT2D eigenvalue weighted by Crippen LogP contribution is -2.37. The summed E-state index contributed by atoms with van der Waals surface area (Å²) in [5.74, 6) is 0. The number of rotatable bonds is 6. The number of methoxy groups -OCH3 is 1. The molecule has 12 heavy (non-hydrogen) atoms. The highest BCUT2D eigenvalue weighted by Crippen LogP contribution is 2.25. The van der Waals surface area contributed by atoms with Crippen LogP contribution in [0.25, 0.3) is 0 Å². The monoisotopic (exact) mass is 175 g/mol. The zero-order valence-electron chi connectivity index (χ0n) is 8.34. The van der Waals surface area contributed by atoms with Gasteiger partial charge in [0.2, 0.25) is 0 Å². The van der Waals surface area contributed by atoms with Crippen molar-refractivity contribution in [2.75, 3.05) is 20.3 Å². The fourth-order valence-corrected chi connectivity index (χ4v) is 1.10. The molecule has 3 nitrogen and oxygen atoms in total. The second-order valence-corrected chi connectivity index (χ2v) is 3.63. The normalized spacial score (nSPS) is 18.8. The van der Waals surface area contributed by atoms with E-state index in [1.165, 1.54) is 0 Å². The molecule has 2 unspecified atom stereocenters. The molecule has 0 aromatic carbocycles. The number of nitrogens with two attached hydrogens (primary N) is 1. The fourth-order valence-electron chi connectivity index (χ4n) is 1.10. The first-order valence-electron chi connectivity index (χ1n) is 4.44. The lowest BCUT2D eigenvalue weighted by atomic mass is 9.81. The Morgan fingerprint density at radius 2 is 2.17 bits per heavy atom. The molecule has 0 aliphatic carbocycles. The van der Waals surface area contributed by atoms with Crippen molar-refractivity contribution in [3.05, 3.63) is 0 Å². The van der Waals surface area contributed by atoms with Crippen LogP contribution < -0.4 is 5.73 Å². The Morgan fingerprint density at radius 1 is 1.58 bits per heavy atom. The molecular formula is C9H21NO2. The van der Waals surface area contributed by atoms with Crippen molar-refractivity contribution in [2.24, 2.45) is 11.1 Å². The molecule has 74 valence electrons. The number of ether oxygens (including phenoxy) is 1. The van der Waals surface area contributed by atoms with Crippen LogP contribution >= 0.6 is 0 Å². The summed E-state index contributed by atoms with van der Waals surface area (Å²) < 4.78 is 4.94.